The second-order valence-electron chi connectivity index (χ2n) is 9.71. The van der Waals surface area contributed by atoms with Crippen LogP contribution in [0.2, 0.25) is 0 Å². The molecule has 1 atom stereocenters. The highest BCUT2D eigenvalue weighted by atomic mass is 32.2. The fourth-order valence-corrected chi connectivity index (χ4v) is 5.75. The molecule has 0 saturated carbocycles. The average molecular weight is 534 g/mol. The molecule has 5 aromatic rings. The van der Waals surface area contributed by atoms with Crippen molar-refractivity contribution in [3.63, 3.8) is 0 Å². The van der Waals surface area contributed by atoms with E-state index >= 15 is 0 Å². The first-order valence-corrected chi connectivity index (χ1v) is 14.4. The Hall–Kier alpha value is -4.23. The zero-order valence-electron chi connectivity index (χ0n) is 22.1. The molecule has 2 amide bonds. The van der Waals surface area contributed by atoms with Gasteiger partial charge in [-0.05, 0) is 67.1 Å². The van der Waals surface area contributed by atoms with Gasteiger partial charge in [-0.15, -0.1) is 11.8 Å². The summed E-state index contributed by atoms with van der Waals surface area (Å²) in [5, 5.41) is 8.14. The molecule has 1 unspecified atom stereocenters. The maximum absolute atomic E-state index is 14.0. The molecule has 6 rings (SSSR count). The van der Waals surface area contributed by atoms with Crippen molar-refractivity contribution in [2.45, 2.75) is 30.8 Å². The van der Waals surface area contributed by atoms with E-state index < -0.39 is 0 Å². The van der Waals surface area contributed by atoms with Gasteiger partial charge in [0.25, 0.3) is 0 Å². The lowest BCUT2D eigenvalue weighted by Crippen LogP contribution is -2.42. The van der Waals surface area contributed by atoms with E-state index in [1.54, 1.807) is 11.8 Å². The van der Waals surface area contributed by atoms with Crippen molar-refractivity contribution in [3.05, 3.63) is 131 Å². The number of carbonyl (C=O) groups excluding carboxylic acids is 1. The molecule has 3 heterocycles. The van der Waals surface area contributed by atoms with Gasteiger partial charge in [0.05, 0.1) is 29.7 Å². The number of nitrogens with zero attached hydrogens (tertiary/aromatic N) is 4. The molecule has 0 spiro atoms. The highest BCUT2D eigenvalue weighted by Gasteiger charge is 2.35. The second-order valence-corrected chi connectivity index (χ2v) is 10.6. The minimum atomic E-state index is -0.261. The standard InChI is InChI=1S/C32H31N5OS/c1-23-28-22-36(32(38)33-20-19-24-10-5-3-6-11-24)30(25-15-17-27(39-2)18-16-25)29-14-9-21-35(29)31(28)37(34-23)26-12-7-4-8-13-26/h3-18,21,30H,19-20,22H2,1-2H3,(H,33,38). The molecule has 3 aromatic carbocycles. The normalized spacial score (nSPS) is 14.4. The van der Waals surface area contributed by atoms with Gasteiger partial charge in [-0.2, -0.15) is 5.10 Å². The van der Waals surface area contributed by atoms with E-state index in [1.165, 1.54) is 10.5 Å². The quantitative estimate of drug-likeness (QED) is 0.252. The number of benzene rings is 3. The van der Waals surface area contributed by atoms with Crippen LogP contribution in [0.5, 0.6) is 0 Å². The highest BCUT2D eigenvalue weighted by molar-refractivity contribution is 7.98. The van der Waals surface area contributed by atoms with Gasteiger partial charge < -0.3 is 14.8 Å². The maximum atomic E-state index is 14.0. The van der Waals surface area contributed by atoms with E-state index in [-0.39, 0.29) is 12.1 Å². The fraction of sp³-hybridized carbons (Fsp3) is 0.188. The van der Waals surface area contributed by atoms with Gasteiger partial charge in [-0.1, -0.05) is 60.7 Å². The Morgan fingerprint density at radius 1 is 0.949 bits per heavy atom. The minimum absolute atomic E-state index is 0.0858. The van der Waals surface area contributed by atoms with Crippen molar-refractivity contribution in [2.24, 2.45) is 0 Å². The lowest BCUT2D eigenvalue weighted by molar-refractivity contribution is 0.180. The summed E-state index contributed by atoms with van der Waals surface area (Å²) in [5.74, 6) is 0.976. The van der Waals surface area contributed by atoms with Crippen molar-refractivity contribution in [1.82, 2.24) is 24.6 Å². The van der Waals surface area contributed by atoms with Gasteiger partial charge in [0.1, 0.15) is 5.82 Å². The number of para-hydroxylation sites is 1. The van der Waals surface area contributed by atoms with E-state index in [2.05, 4.69) is 83.0 Å². The molecule has 0 bridgehead atoms. The van der Waals surface area contributed by atoms with Crippen LogP contribution < -0.4 is 5.32 Å². The van der Waals surface area contributed by atoms with E-state index in [1.807, 2.05) is 52.9 Å². The molecule has 2 aromatic heterocycles. The van der Waals surface area contributed by atoms with Gasteiger partial charge >= 0.3 is 6.03 Å². The summed E-state index contributed by atoms with van der Waals surface area (Å²) in [5.41, 5.74) is 6.25. The molecule has 6 nitrogen and oxygen atoms in total. The second kappa shape index (κ2) is 10.9. The minimum Gasteiger partial charge on any atom is -0.338 e. The number of hydrogen-bond donors (Lipinski definition) is 1. The van der Waals surface area contributed by atoms with Crippen LogP contribution in [0.3, 0.4) is 0 Å². The SMILES string of the molecule is CSc1ccc(C2c3cccn3-c3c(c(C)nn3-c3ccccc3)CN2C(=O)NCCc2ccccc2)cc1. The predicted octanol–water partition coefficient (Wildman–Crippen LogP) is 6.55. The molecule has 0 aliphatic carbocycles. The van der Waals surface area contributed by atoms with Crippen molar-refractivity contribution < 1.29 is 4.79 Å². The largest absolute Gasteiger partial charge is 0.338 e. The maximum Gasteiger partial charge on any atom is 0.318 e. The molecule has 1 N–H and O–H groups in total. The number of carbonyl (C=O) groups is 1. The van der Waals surface area contributed by atoms with Crippen LogP contribution >= 0.6 is 11.8 Å². The van der Waals surface area contributed by atoms with Crippen LogP contribution in [0.25, 0.3) is 11.5 Å². The summed E-state index contributed by atoms with van der Waals surface area (Å²) >= 11 is 1.71. The van der Waals surface area contributed by atoms with Gasteiger partial charge in [0.15, 0.2) is 0 Å². The summed E-state index contributed by atoms with van der Waals surface area (Å²) in [6.07, 6.45) is 4.93. The number of amides is 2. The van der Waals surface area contributed by atoms with Crippen molar-refractivity contribution in [2.75, 3.05) is 12.8 Å². The first-order chi connectivity index (χ1) is 19.1. The van der Waals surface area contributed by atoms with E-state index in [0.29, 0.717) is 13.1 Å². The van der Waals surface area contributed by atoms with E-state index in [0.717, 1.165) is 40.4 Å². The fourth-order valence-electron chi connectivity index (χ4n) is 5.35. The van der Waals surface area contributed by atoms with Gasteiger partial charge in [-0.25, -0.2) is 9.48 Å². The van der Waals surface area contributed by atoms with Gasteiger partial charge in [-0.3, -0.25) is 0 Å². The van der Waals surface area contributed by atoms with Crippen LogP contribution in [0.15, 0.2) is 108 Å². The van der Waals surface area contributed by atoms with E-state index in [4.69, 9.17) is 5.10 Å². The summed E-state index contributed by atoms with van der Waals surface area (Å²) < 4.78 is 4.20. The third-order valence-electron chi connectivity index (χ3n) is 7.31. The summed E-state index contributed by atoms with van der Waals surface area (Å²) in [6.45, 7) is 3.04. The number of aryl methyl sites for hydroxylation is 1. The first-order valence-electron chi connectivity index (χ1n) is 13.2. The molecule has 39 heavy (non-hydrogen) atoms. The Labute approximate surface area is 233 Å². The number of fused-ring (bicyclic) bond motifs is 3. The van der Waals surface area contributed by atoms with Crippen LogP contribution in [0.4, 0.5) is 4.79 Å². The molecule has 0 saturated heterocycles. The van der Waals surface area contributed by atoms with Crippen LogP contribution in [-0.2, 0) is 13.0 Å². The Morgan fingerprint density at radius 2 is 1.67 bits per heavy atom. The predicted molar refractivity (Wildman–Crippen MR) is 157 cm³/mol. The summed E-state index contributed by atoms with van der Waals surface area (Å²) in [6, 6.07) is 32.8. The molecule has 0 fully saturated rings. The number of thioether (sulfide) groups is 1. The van der Waals surface area contributed by atoms with Gasteiger partial charge in [0, 0.05) is 23.2 Å². The molecule has 7 heteroatoms. The van der Waals surface area contributed by atoms with E-state index in [9.17, 15) is 4.79 Å². The molecular weight excluding hydrogens is 502 g/mol. The number of hydrogen-bond acceptors (Lipinski definition) is 3. The topological polar surface area (TPSA) is 55.1 Å². The number of nitrogens with one attached hydrogen (secondary N) is 1. The van der Waals surface area contributed by atoms with Gasteiger partial charge in [0.2, 0.25) is 0 Å². The number of urea groups is 1. The van der Waals surface area contributed by atoms with Crippen molar-refractivity contribution >= 4 is 17.8 Å². The zero-order chi connectivity index (χ0) is 26.8. The van der Waals surface area contributed by atoms with Crippen LogP contribution in [-0.4, -0.2) is 38.1 Å². The van der Waals surface area contributed by atoms with Crippen LogP contribution in [0.1, 0.15) is 34.1 Å². The van der Waals surface area contributed by atoms with Crippen molar-refractivity contribution in [3.8, 4) is 11.5 Å². The number of aromatic nitrogens is 3. The third-order valence-corrected chi connectivity index (χ3v) is 8.06. The third kappa shape index (κ3) is 4.86. The highest BCUT2D eigenvalue weighted by Crippen LogP contribution is 2.38. The van der Waals surface area contributed by atoms with Crippen molar-refractivity contribution in [1.29, 1.82) is 0 Å². The molecule has 1 aliphatic heterocycles. The first kappa shape index (κ1) is 25.1. The Kier molecular flexibility index (Phi) is 6.99. The summed E-state index contributed by atoms with van der Waals surface area (Å²) in [7, 11) is 0. The summed E-state index contributed by atoms with van der Waals surface area (Å²) in [4.78, 5) is 17.1. The molecule has 1 aliphatic rings. The van der Waals surface area contributed by atoms with Crippen LogP contribution in [0, 0.1) is 6.92 Å². The average Bonchev–Trinajstić information content (AvgIpc) is 3.54. The zero-order valence-corrected chi connectivity index (χ0v) is 22.9. The Morgan fingerprint density at radius 3 is 2.38 bits per heavy atom. The lowest BCUT2D eigenvalue weighted by Gasteiger charge is -2.31. The smallest absolute Gasteiger partial charge is 0.318 e. The number of rotatable bonds is 6. The molecule has 0 radical (unpaired) electrons. The monoisotopic (exact) mass is 533 g/mol. The molecular formula is C32H31N5OS. The Balaban J connectivity index is 1.43. The Bertz CT molecular complexity index is 1570. The molecule has 196 valence electrons. The lowest BCUT2D eigenvalue weighted by atomic mass is 10.0.